The fourth-order valence-electron chi connectivity index (χ4n) is 1.01. The van der Waals surface area contributed by atoms with Crippen molar-refractivity contribution in [3.8, 4) is 0 Å². The van der Waals surface area contributed by atoms with Crippen LogP contribution in [0, 0.1) is 0 Å². The van der Waals surface area contributed by atoms with Crippen molar-refractivity contribution >= 4 is 23.3 Å². The average Bonchev–Trinajstić information content (AvgIpc) is 2.19. The van der Waals surface area contributed by atoms with Crippen molar-refractivity contribution < 1.29 is 9.09 Å². The molecule has 0 amide bonds. The van der Waals surface area contributed by atoms with Crippen LogP contribution in [0.15, 0.2) is 30.3 Å². The standard InChI is InChI=1S/C10H14ClO2P/c1-2-3-9-13-14(11,12)10-7-5-4-6-8-10/h4-8H,2-3,9H2,1H3. The third-order valence-corrected chi connectivity index (χ3v) is 4.13. The summed E-state index contributed by atoms with van der Waals surface area (Å²) in [7, 11) is 0. The predicted octanol–water partition coefficient (Wildman–Crippen LogP) is 3.56. The highest BCUT2D eigenvalue weighted by Gasteiger charge is 2.21. The number of hydrogen-bond donors (Lipinski definition) is 0. The van der Waals surface area contributed by atoms with E-state index in [2.05, 4.69) is 0 Å². The van der Waals surface area contributed by atoms with Gasteiger partial charge < -0.3 is 4.52 Å². The number of unbranched alkanes of at least 4 members (excludes halogenated alkanes) is 1. The Labute approximate surface area is 89.5 Å². The summed E-state index contributed by atoms with van der Waals surface area (Å²) in [4.78, 5) is 0. The highest BCUT2D eigenvalue weighted by Crippen LogP contribution is 2.51. The maximum atomic E-state index is 11.8. The molecular formula is C10H14ClO2P. The van der Waals surface area contributed by atoms with E-state index >= 15 is 0 Å². The van der Waals surface area contributed by atoms with Crippen LogP contribution in [0.25, 0.3) is 0 Å². The first-order valence-electron chi connectivity index (χ1n) is 4.66. The van der Waals surface area contributed by atoms with Gasteiger partial charge in [0.25, 0.3) is 0 Å². The van der Waals surface area contributed by atoms with E-state index in [1.54, 1.807) is 24.3 Å². The molecule has 0 spiro atoms. The Morgan fingerprint density at radius 2 is 2.00 bits per heavy atom. The Morgan fingerprint density at radius 1 is 1.36 bits per heavy atom. The molecule has 0 fully saturated rings. The van der Waals surface area contributed by atoms with E-state index in [1.165, 1.54) is 0 Å². The summed E-state index contributed by atoms with van der Waals surface area (Å²) in [5.41, 5.74) is 0. The van der Waals surface area contributed by atoms with Gasteiger partial charge in [-0.25, -0.2) is 0 Å². The molecule has 0 aliphatic rings. The third kappa shape index (κ3) is 3.45. The molecular weight excluding hydrogens is 219 g/mol. The Balaban J connectivity index is 2.62. The van der Waals surface area contributed by atoms with Gasteiger partial charge in [-0.15, -0.1) is 0 Å². The van der Waals surface area contributed by atoms with Gasteiger partial charge in [-0.3, -0.25) is 4.57 Å². The first-order valence-corrected chi connectivity index (χ1v) is 7.19. The lowest BCUT2D eigenvalue weighted by Gasteiger charge is -2.10. The molecule has 0 aromatic heterocycles. The molecule has 1 atom stereocenters. The summed E-state index contributed by atoms with van der Waals surface area (Å²) in [5.74, 6) is 0. The van der Waals surface area contributed by atoms with Crippen molar-refractivity contribution in [3.63, 3.8) is 0 Å². The number of rotatable bonds is 5. The van der Waals surface area contributed by atoms with Gasteiger partial charge in [-0.2, -0.15) is 0 Å². The summed E-state index contributed by atoms with van der Waals surface area (Å²) in [5, 5.41) is 0.567. The normalized spacial score (nSPS) is 15.0. The molecule has 0 saturated carbocycles. The molecule has 78 valence electrons. The van der Waals surface area contributed by atoms with Crippen LogP contribution in [-0.2, 0) is 9.09 Å². The fraction of sp³-hybridized carbons (Fsp3) is 0.400. The zero-order valence-corrected chi connectivity index (χ0v) is 9.80. The van der Waals surface area contributed by atoms with E-state index in [4.69, 9.17) is 15.8 Å². The molecule has 0 bridgehead atoms. The molecule has 0 saturated heterocycles. The second kappa shape index (κ2) is 5.55. The van der Waals surface area contributed by atoms with Crippen LogP contribution in [0.2, 0.25) is 0 Å². The molecule has 2 nitrogen and oxygen atoms in total. The van der Waals surface area contributed by atoms with Crippen molar-refractivity contribution in [1.82, 2.24) is 0 Å². The molecule has 1 unspecified atom stereocenters. The predicted molar refractivity (Wildman–Crippen MR) is 60.4 cm³/mol. The van der Waals surface area contributed by atoms with E-state index in [1.807, 2.05) is 13.0 Å². The van der Waals surface area contributed by atoms with Crippen LogP contribution in [0.1, 0.15) is 19.8 Å². The smallest absolute Gasteiger partial charge is 0.314 e. The van der Waals surface area contributed by atoms with Crippen molar-refractivity contribution in [2.75, 3.05) is 6.61 Å². The quantitative estimate of drug-likeness (QED) is 0.573. The fourth-order valence-corrected chi connectivity index (χ4v) is 2.59. The minimum Gasteiger partial charge on any atom is -0.314 e. The van der Waals surface area contributed by atoms with E-state index in [0.29, 0.717) is 11.9 Å². The van der Waals surface area contributed by atoms with Gasteiger partial charge >= 0.3 is 6.72 Å². The van der Waals surface area contributed by atoms with E-state index in [9.17, 15) is 4.57 Å². The van der Waals surface area contributed by atoms with Gasteiger partial charge in [0, 0.05) is 0 Å². The zero-order chi connectivity index (χ0) is 10.4. The lowest BCUT2D eigenvalue weighted by Crippen LogP contribution is -2.03. The first-order chi connectivity index (χ1) is 6.67. The Bertz CT molecular complexity index is 313. The molecule has 1 aromatic carbocycles. The summed E-state index contributed by atoms with van der Waals surface area (Å²) in [6.07, 6.45) is 1.88. The monoisotopic (exact) mass is 232 g/mol. The van der Waals surface area contributed by atoms with Crippen LogP contribution < -0.4 is 5.30 Å². The van der Waals surface area contributed by atoms with Gasteiger partial charge in [0.15, 0.2) is 0 Å². The maximum Gasteiger partial charge on any atom is 0.319 e. The number of halogens is 1. The van der Waals surface area contributed by atoms with E-state index in [-0.39, 0.29) is 0 Å². The molecule has 1 rings (SSSR count). The highest BCUT2D eigenvalue weighted by atomic mass is 35.7. The van der Waals surface area contributed by atoms with Crippen molar-refractivity contribution in [2.45, 2.75) is 19.8 Å². The molecule has 4 heteroatoms. The lowest BCUT2D eigenvalue weighted by atomic mass is 10.4. The number of benzene rings is 1. The van der Waals surface area contributed by atoms with Crippen molar-refractivity contribution in [3.05, 3.63) is 30.3 Å². The van der Waals surface area contributed by atoms with Crippen molar-refractivity contribution in [1.29, 1.82) is 0 Å². The molecule has 1 aromatic rings. The summed E-state index contributed by atoms with van der Waals surface area (Å²) >= 11 is 5.83. The Hall–Kier alpha value is -0.300. The van der Waals surface area contributed by atoms with Crippen LogP contribution in [-0.4, -0.2) is 6.61 Å². The molecule has 0 aliphatic carbocycles. The topological polar surface area (TPSA) is 26.3 Å². The largest absolute Gasteiger partial charge is 0.319 e. The molecule has 0 heterocycles. The van der Waals surface area contributed by atoms with Crippen LogP contribution in [0.3, 0.4) is 0 Å². The molecule has 0 radical (unpaired) electrons. The maximum absolute atomic E-state index is 11.8. The minimum absolute atomic E-state index is 0.451. The molecule has 0 aliphatic heterocycles. The van der Waals surface area contributed by atoms with Crippen LogP contribution in [0.5, 0.6) is 0 Å². The minimum atomic E-state index is -3.10. The molecule has 14 heavy (non-hydrogen) atoms. The second-order valence-corrected chi connectivity index (χ2v) is 6.07. The number of hydrogen-bond acceptors (Lipinski definition) is 2. The van der Waals surface area contributed by atoms with Crippen LogP contribution in [0.4, 0.5) is 0 Å². The third-order valence-electron chi connectivity index (χ3n) is 1.82. The lowest BCUT2D eigenvalue weighted by molar-refractivity contribution is 0.322. The highest BCUT2D eigenvalue weighted by molar-refractivity contribution is 7.91. The van der Waals surface area contributed by atoms with E-state index in [0.717, 1.165) is 12.8 Å². The van der Waals surface area contributed by atoms with Gasteiger partial charge in [0.2, 0.25) is 0 Å². The van der Waals surface area contributed by atoms with Crippen LogP contribution >= 0.6 is 18.0 Å². The molecule has 0 N–H and O–H groups in total. The van der Waals surface area contributed by atoms with Crippen molar-refractivity contribution in [2.24, 2.45) is 0 Å². The Kier molecular flexibility index (Phi) is 4.67. The average molecular weight is 233 g/mol. The zero-order valence-electron chi connectivity index (χ0n) is 8.15. The second-order valence-electron chi connectivity index (χ2n) is 3.00. The van der Waals surface area contributed by atoms with Gasteiger partial charge in [-0.05, 0) is 29.8 Å². The van der Waals surface area contributed by atoms with E-state index < -0.39 is 6.72 Å². The summed E-state index contributed by atoms with van der Waals surface area (Å²) in [6, 6.07) is 8.90. The first kappa shape index (κ1) is 11.8. The summed E-state index contributed by atoms with van der Waals surface area (Å²) < 4.78 is 17.0. The van der Waals surface area contributed by atoms with Gasteiger partial charge in [-0.1, -0.05) is 31.5 Å². The van der Waals surface area contributed by atoms with Gasteiger partial charge in [0.1, 0.15) is 0 Å². The van der Waals surface area contributed by atoms with Gasteiger partial charge in [0.05, 0.1) is 11.9 Å². The summed E-state index contributed by atoms with van der Waals surface area (Å²) in [6.45, 7) is -0.605. The Morgan fingerprint density at radius 3 is 2.57 bits per heavy atom. The SMILES string of the molecule is CCCCOP(=O)(Cl)c1ccccc1.